The van der Waals surface area contributed by atoms with Crippen molar-refractivity contribution in [3.63, 3.8) is 0 Å². The van der Waals surface area contributed by atoms with E-state index in [1.54, 1.807) is 0 Å². The van der Waals surface area contributed by atoms with Crippen LogP contribution in [0.3, 0.4) is 0 Å². The highest BCUT2D eigenvalue weighted by atomic mass is 32.1. The standard InChI is InChI=1S/C58H41NS/c1-57(2)50-34-30-41(58(40-18-7-4-8-19-40)52-24-12-9-20-44(52)45-21-10-13-25-53(45)58)36-48(50)49-37-43(33-35-51(49)57)59(42-31-28-39(29-32-42)38-16-5-3-6-17-38)54-26-15-23-47-46-22-11-14-27-55(46)60-56(47)54/h3-37H,1-2H3. The van der Waals surface area contributed by atoms with Gasteiger partial charge in [0, 0.05) is 32.3 Å². The van der Waals surface area contributed by atoms with Crippen LogP contribution in [-0.4, -0.2) is 0 Å². The first-order valence-electron chi connectivity index (χ1n) is 20.9. The van der Waals surface area contributed by atoms with Crippen LogP contribution in [0.4, 0.5) is 17.1 Å². The minimum absolute atomic E-state index is 0.166. The van der Waals surface area contributed by atoms with Crippen LogP contribution in [0.1, 0.15) is 47.2 Å². The molecule has 2 heteroatoms. The van der Waals surface area contributed by atoms with E-state index in [2.05, 4.69) is 231 Å². The first-order valence-corrected chi connectivity index (χ1v) is 21.7. The van der Waals surface area contributed by atoms with Gasteiger partial charge >= 0.3 is 0 Å². The van der Waals surface area contributed by atoms with Gasteiger partial charge in [-0.05, 0) is 109 Å². The van der Waals surface area contributed by atoms with Gasteiger partial charge in [0.1, 0.15) is 0 Å². The molecular formula is C58H41NS. The quantitative estimate of drug-likeness (QED) is 0.162. The maximum atomic E-state index is 2.53. The second-order valence-electron chi connectivity index (χ2n) is 16.8. The van der Waals surface area contributed by atoms with Gasteiger partial charge in [-0.3, -0.25) is 0 Å². The van der Waals surface area contributed by atoms with Gasteiger partial charge in [-0.1, -0.05) is 184 Å². The van der Waals surface area contributed by atoms with Crippen LogP contribution in [0, 0.1) is 0 Å². The van der Waals surface area contributed by atoms with Gasteiger partial charge in [-0.2, -0.15) is 0 Å². The molecule has 0 saturated heterocycles. The van der Waals surface area contributed by atoms with E-state index in [0.29, 0.717) is 0 Å². The Morgan fingerprint density at radius 1 is 0.383 bits per heavy atom. The number of hydrogen-bond donors (Lipinski definition) is 0. The molecule has 0 amide bonds. The largest absolute Gasteiger partial charge is 0.309 e. The number of rotatable bonds is 6. The summed E-state index contributed by atoms with van der Waals surface area (Å²) in [6.45, 7) is 4.78. The Morgan fingerprint density at radius 3 is 1.68 bits per heavy atom. The van der Waals surface area contributed by atoms with E-state index >= 15 is 0 Å². The molecule has 0 spiro atoms. The Bertz CT molecular complexity index is 3240. The van der Waals surface area contributed by atoms with Crippen molar-refractivity contribution in [3.8, 4) is 33.4 Å². The van der Waals surface area contributed by atoms with E-state index in [4.69, 9.17) is 0 Å². The Balaban J connectivity index is 1.08. The molecule has 1 heterocycles. The zero-order valence-electron chi connectivity index (χ0n) is 33.6. The SMILES string of the molecule is CC1(C)c2ccc(N(c3ccc(-c4ccccc4)cc3)c3cccc4c3sc3ccccc34)cc2-c2cc(C3(c4ccccc4)c4ccccc4-c4ccccc43)ccc21. The zero-order valence-corrected chi connectivity index (χ0v) is 34.4. The van der Waals surface area contributed by atoms with Crippen LogP contribution in [0.2, 0.25) is 0 Å². The topological polar surface area (TPSA) is 3.24 Å². The first kappa shape index (κ1) is 35.0. The van der Waals surface area contributed by atoms with Gasteiger partial charge in [-0.15, -0.1) is 11.3 Å². The molecule has 12 rings (SSSR count). The smallest absolute Gasteiger partial charge is 0.0713 e. The van der Waals surface area contributed by atoms with Gasteiger partial charge < -0.3 is 4.90 Å². The summed E-state index contributed by atoms with van der Waals surface area (Å²) < 4.78 is 2.59. The molecule has 0 radical (unpaired) electrons. The van der Waals surface area contributed by atoms with Crippen LogP contribution in [0.15, 0.2) is 212 Å². The minimum Gasteiger partial charge on any atom is -0.309 e. The summed E-state index contributed by atoms with van der Waals surface area (Å²) in [6.07, 6.45) is 0. The van der Waals surface area contributed by atoms with Gasteiger partial charge in [0.2, 0.25) is 0 Å². The summed E-state index contributed by atoms with van der Waals surface area (Å²) in [5, 5.41) is 2.60. The normalized spacial score (nSPS) is 14.1. The lowest BCUT2D eigenvalue weighted by Gasteiger charge is -2.34. The summed E-state index contributed by atoms with van der Waals surface area (Å²) in [6, 6.07) is 79.2. The van der Waals surface area contributed by atoms with Crippen molar-refractivity contribution in [2.75, 3.05) is 4.90 Å². The van der Waals surface area contributed by atoms with Gasteiger partial charge in [-0.25, -0.2) is 0 Å². The summed E-state index contributed by atoms with van der Waals surface area (Å²) >= 11 is 1.88. The summed E-state index contributed by atoms with van der Waals surface area (Å²) in [5.41, 5.74) is 18.5. The third-order valence-corrected chi connectivity index (χ3v) is 14.6. The van der Waals surface area contributed by atoms with Crippen molar-refractivity contribution in [1.29, 1.82) is 0 Å². The van der Waals surface area contributed by atoms with E-state index in [0.717, 1.165) is 11.4 Å². The molecule has 0 unspecified atom stereocenters. The lowest BCUT2D eigenvalue weighted by Crippen LogP contribution is -2.28. The number of thiophene rings is 1. The molecule has 9 aromatic carbocycles. The van der Waals surface area contributed by atoms with Crippen molar-refractivity contribution in [2.45, 2.75) is 24.7 Å². The van der Waals surface area contributed by atoms with Gasteiger partial charge in [0.05, 0.1) is 15.8 Å². The molecule has 0 fully saturated rings. The molecular weight excluding hydrogens is 743 g/mol. The number of benzene rings is 9. The first-order chi connectivity index (χ1) is 29.5. The van der Waals surface area contributed by atoms with E-state index in [9.17, 15) is 0 Å². The third-order valence-electron chi connectivity index (χ3n) is 13.4. The minimum atomic E-state index is -0.461. The molecule has 0 N–H and O–H groups in total. The number of anilines is 3. The fraction of sp³-hybridized carbons (Fsp3) is 0.0690. The average molecular weight is 784 g/mol. The molecule has 0 atom stereocenters. The van der Waals surface area contributed by atoms with Crippen LogP contribution in [0.5, 0.6) is 0 Å². The molecule has 60 heavy (non-hydrogen) atoms. The Kier molecular flexibility index (Phi) is 7.73. The highest BCUT2D eigenvalue weighted by Crippen LogP contribution is 2.58. The fourth-order valence-corrected chi connectivity index (χ4v) is 11.8. The molecule has 1 aromatic heterocycles. The van der Waals surface area contributed by atoms with Crippen LogP contribution >= 0.6 is 11.3 Å². The van der Waals surface area contributed by atoms with Crippen molar-refractivity contribution in [2.24, 2.45) is 0 Å². The second kappa shape index (κ2) is 13.3. The van der Waals surface area contributed by atoms with Crippen molar-refractivity contribution < 1.29 is 0 Å². The van der Waals surface area contributed by atoms with E-state index in [-0.39, 0.29) is 5.41 Å². The lowest BCUT2D eigenvalue weighted by molar-refractivity contribution is 0.659. The zero-order chi connectivity index (χ0) is 40.0. The summed E-state index contributed by atoms with van der Waals surface area (Å²) in [7, 11) is 0. The van der Waals surface area contributed by atoms with Crippen LogP contribution < -0.4 is 4.90 Å². The Labute approximate surface area is 355 Å². The molecule has 0 saturated carbocycles. The van der Waals surface area contributed by atoms with Gasteiger partial charge in [0.15, 0.2) is 0 Å². The predicted molar refractivity (Wildman–Crippen MR) is 254 cm³/mol. The van der Waals surface area contributed by atoms with Crippen molar-refractivity contribution in [1.82, 2.24) is 0 Å². The summed E-state index contributed by atoms with van der Waals surface area (Å²) in [4.78, 5) is 2.48. The molecule has 0 aliphatic heterocycles. The molecule has 2 aliphatic carbocycles. The molecule has 10 aromatic rings. The predicted octanol–water partition coefficient (Wildman–Crippen LogP) is 15.9. The lowest BCUT2D eigenvalue weighted by atomic mass is 9.67. The van der Waals surface area contributed by atoms with Crippen molar-refractivity contribution >= 4 is 48.6 Å². The Hall–Kier alpha value is -7.00. The van der Waals surface area contributed by atoms with E-state index in [1.165, 1.54) is 92.6 Å². The summed E-state index contributed by atoms with van der Waals surface area (Å²) in [5.74, 6) is 0. The molecule has 0 bridgehead atoms. The highest BCUT2D eigenvalue weighted by Gasteiger charge is 2.47. The molecule has 284 valence electrons. The monoisotopic (exact) mass is 783 g/mol. The van der Waals surface area contributed by atoms with Gasteiger partial charge in [0.25, 0.3) is 0 Å². The van der Waals surface area contributed by atoms with E-state index < -0.39 is 5.41 Å². The van der Waals surface area contributed by atoms with Crippen LogP contribution in [0.25, 0.3) is 53.6 Å². The van der Waals surface area contributed by atoms with Crippen molar-refractivity contribution in [3.05, 3.63) is 246 Å². The Morgan fingerprint density at radius 2 is 0.950 bits per heavy atom. The number of nitrogens with zero attached hydrogens (tertiary/aromatic N) is 1. The van der Waals surface area contributed by atoms with Crippen LogP contribution in [-0.2, 0) is 10.8 Å². The molecule has 2 aliphatic rings. The second-order valence-corrected chi connectivity index (χ2v) is 17.9. The average Bonchev–Trinajstić information content (AvgIpc) is 3.91. The number of hydrogen-bond acceptors (Lipinski definition) is 2. The maximum absolute atomic E-state index is 2.53. The highest BCUT2D eigenvalue weighted by molar-refractivity contribution is 7.26. The third kappa shape index (κ3) is 4.98. The number of fused-ring (bicyclic) bond motifs is 9. The fourth-order valence-electron chi connectivity index (χ4n) is 10.6. The maximum Gasteiger partial charge on any atom is 0.0713 e. The molecule has 1 nitrogen and oxygen atoms in total. The van der Waals surface area contributed by atoms with E-state index in [1.807, 2.05) is 11.3 Å².